The lowest BCUT2D eigenvalue weighted by atomic mass is 9.93. The summed E-state index contributed by atoms with van der Waals surface area (Å²) in [5, 5.41) is 7.18. The van der Waals surface area contributed by atoms with Gasteiger partial charge in [0.15, 0.2) is 5.76 Å². The van der Waals surface area contributed by atoms with Crippen LogP contribution in [0.15, 0.2) is 10.7 Å². The number of carbonyl (C=O) groups excluding carboxylic acids is 1. The Labute approximate surface area is 164 Å². The van der Waals surface area contributed by atoms with Crippen LogP contribution in [0.2, 0.25) is 0 Å². The predicted octanol–water partition coefficient (Wildman–Crippen LogP) is 4.24. The van der Waals surface area contributed by atoms with Crippen LogP contribution in [-0.4, -0.2) is 32.1 Å². The van der Waals surface area contributed by atoms with Crippen LogP contribution in [-0.2, 0) is 11.8 Å². The van der Waals surface area contributed by atoms with Crippen LogP contribution in [0.5, 0.6) is 0 Å². The average Bonchev–Trinajstić information content (AvgIpc) is 3.35. The van der Waals surface area contributed by atoms with Gasteiger partial charge in [-0.25, -0.2) is 14.8 Å². The third kappa shape index (κ3) is 2.79. The summed E-state index contributed by atoms with van der Waals surface area (Å²) in [5.41, 5.74) is 3.64. The molecule has 1 saturated carbocycles. The number of fused-ring (bicyclic) bond motifs is 4. The van der Waals surface area contributed by atoms with Crippen LogP contribution in [0.3, 0.4) is 0 Å². The minimum Gasteiger partial charge on any atom is -0.359 e. The van der Waals surface area contributed by atoms with Crippen LogP contribution in [0.4, 0.5) is 10.5 Å². The molecule has 4 heterocycles. The first-order chi connectivity index (χ1) is 13.3. The fourth-order valence-electron chi connectivity index (χ4n) is 4.48. The van der Waals surface area contributed by atoms with Gasteiger partial charge in [-0.1, -0.05) is 25.9 Å². The minimum atomic E-state index is -0.0758. The molecule has 2 fully saturated rings. The Kier molecular flexibility index (Phi) is 3.80. The van der Waals surface area contributed by atoms with Crippen LogP contribution in [0, 0.1) is 6.92 Å². The predicted molar refractivity (Wildman–Crippen MR) is 104 cm³/mol. The van der Waals surface area contributed by atoms with E-state index in [4.69, 9.17) is 9.51 Å². The lowest BCUT2D eigenvalue weighted by Crippen LogP contribution is -2.44. The number of carbonyl (C=O) groups is 1. The number of rotatable bonds is 2. The van der Waals surface area contributed by atoms with E-state index in [1.165, 1.54) is 0 Å². The lowest BCUT2D eigenvalue weighted by Gasteiger charge is -2.36. The quantitative estimate of drug-likeness (QED) is 0.841. The molecule has 2 unspecified atom stereocenters. The van der Waals surface area contributed by atoms with E-state index in [0.29, 0.717) is 5.92 Å². The molecule has 5 rings (SSSR count). The van der Waals surface area contributed by atoms with Crippen molar-refractivity contribution in [3.63, 3.8) is 0 Å². The molecule has 3 aliphatic rings. The molecule has 1 saturated heterocycles. The zero-order valence-corrected chi connectivity index (χ0v) is 17.0. The molecule has 148 valence electrons. The first-order valence-corrected chi connectivity index (χ1v) is 10.2. The first kappa shape index (κ1) is 17.6. The zero-order valence-electron chi connectivity index (χ0n) is 17.0. The van der Waals surface area contributed by atoms with E-state index in [1.54, 1.807) is 0 Å². The van der Waals surface area contributed by atoms with Gasteiger partial charge in [-0.2, -0.15) is 0 Å². The van der Waals surface area contributed by atoms with E-state index in [9.17, 15) is 4.79 Å². The van der Waals surface area contributed by atoms with Crippen molar-refractivity contribution < 1.29 is 9.32 Å². The molecule has 2 amide bonds. The highest BCUT2D eigenvalue weighted by Crippen LogP contribution is 2.46. The molecule has 0 radical (unpaired) electrons. The van der Waals surface area contributed by atoms with Crippen molar-refractivity contribution in [2.45, 2.75) is 83.2 Å². The highest BCUT2D eigenvalue weighted by atomic mass is 16.5. The molecule has 7 heteroatoms. The Morgan fingerprint density at radius 3 is 2.75 bits per heavy atom. The number of anilines is 1. The second-order valence-corrected chi connectivity index (χ2v) is 9.42. The number of nitrogens with one attached hydrogen (secondary N) is 1. The summed E-state index contributed by atoms with van der Waals surface area (Å²) in [6.07, 6.45) is 6.90. The fraction of sp³-hybridized carbons (Fsp3) is 0.619. The molecule has 0 spiro atoms. The average molecular weight is 381 g/mol. The van der Waals surface area contributed by atoms with Crippen molar-refractivity contribution in [1.29, 1.82) is 0 Å². The topological polar surface area (TPSA) is 84.2 Å². The fourth-order valence-corrected chi connectivity index (χ4v) is 4.48. The molecule has 2 aromatic rings. The number of hydrogen-bond acceptors (Lipinski definition) is 5. The summed E-state index contributed by atoms with van der Waals surface area (Å²) in [6, 6.07) is 0.170. The van der Waals surface area contributed by atoms with Crippen LogP contribution >= 0.6 is 0 Å². The molecule has 2 aliphatic heterocycles. The van der Waals surface area contributed by atoms with E-state index >= 15 is 0 Å². The molecule has 0 aromatic carbocycles. The Hall–Kier alpha value is -2.44. The van der Waals surface area contributed by atoms with Gasteiger partial charge in [0.1, 0.15) is 17.2 Å². The number of aryl methyl sites for hydroxylation is 1. The van der Waals surface area contributed by atoms with Gasteiger partial charge in [0, 0.05) is 35.6 Å². The smallest absolute Gasteiger partial charge is 0.322 e. The Bertz CT molecular complexity index is 941. The molecule has 2 bridgehead atoms. The summed E-state index contributed by atoms with van der Waals surface area (Å²) in [5.74, 6) is 2.10. The van der Waals surface area contributed by atoms with E-state index in [-0.39, 0.29) is 23.5 Å². The summed E-state index contributed by atoms with van der Waals surface area (Å²) in [4.78, 5) is 24.7. The zero-order chi connectivity index (χ0) is 19.6. The summed E-state index contributed by atoms with van der Waals surface area (Å²) in [6.45, 7) is 8.27. The standard InChI is InChI=1S/C21H27N5O2/c1-11-17(18(28-25-11)12-5-6-12)24-20(27)26-13-7-8-16(26)14-10-22-19(21(2,3)4)23-15(14)9-13/h10,12-13,16H,5-9H2,1-4H3,(H,24,27). The van der Waals surface area contributed by atoms with Crippen molar-refractivity contribution in [2.24, 2.45) is 0 Å². The van der Waals surface area contributed by atoms with E-state index in [0.717, 1.165) is 66.3 Å². The highest BCUT2D eigenvalue weighted by molar-refractivity contribution is 5.91. The maximum absolute atomic E-state index is 13.2. The molecule has 2 aromatic heterocycles. The second-order valence-electron chi connectivity index (χ2n) is 9.42. The van der Waals surface area contributed by atoms with Gasteiger partial charge in [0.05, 0.1) is 11.7 Å². The first-order valence-electron chi connectivity index (χ1n) is 10.2. The third-order valence-corrected chi connectivity index (χ3v) is 6.17. The molecule has 2 atom stereocenters. The van der Waals surface area contributed by atoms with Crippen molar-refractivity contribution >= 4 is 11.7 Å². The summed E-state index contributed by atoms with van der Waals surface area (Å²) in [7, 11) is 0. The normalized spacial score (nSPS) is 23.6. The number of nitrogens with zero attached hydrogens (tertiary/aromatic N) is 4. The Balaban J connectivity index is 1.42. The van der Waals surface area contributed by atoms with Gasteiger partial charge in [-0.05, 0) is 32.6 Å². The minimum absolute atomic E-state index is 0.0484. The maximum atomic E-state index is 13.2. The second kappa shape index (κ2) is 6.03. The van der Waals surface area contributed by atoms with Crippen molar-refractivity contribution in [2.75, 3.05) is 5.32 Å². The molecular formula is C21H27N5O2. The van der Waals surface area contributed by atoms with Gasteiger partial charge in [0.2, 0.25) is 0 Å². The monoisotopic (exact) mass is 381 g/mol. The number of aromatic nitrogens is 3. The highest BCUT2D eigenvalue weighted by Gasteiger charge is 2.44. The molecule has 28 heavy (non-hydrogen) atoms. The third-order valence-electron chi connectivity index (χ3n) is 6.17. The Morgan fingerprint density at radius 2 is 2.04 bits per heavy atom. The largest absolute Gasteiger partial charge is 0.359 e. The van der Waals surface area contributed by atoms with Crippen molar-refractivity contribution in [1.82, 2.24) is 20.0 Å². The van der Waals surface area contributed by atoms with Gasteiger partial charge >= 0.3 is 6.03 Å². The molecular weight excluding hydrogens is 354 g/mol. The van der Waals surface area contributed by atoms with Crippen LogP contribution in [0.25, 0.3) is 0 Å². The SMILES string of the molecule is Cc1noc(C2CC2)c1NC(=O)N1C2CCC1c1cnc(C(C)(C)C)nc1C2. The molecule has 7 nitrogen and oxygen atoms in total. The van der Waals surface area contributed by atoms with Crippen molar-refractivity contribution in [3.05, 3.63) is 34.7 Å². The van der Waals surface area contributed by atoms with E-state index in [2.05, 4.69) is 36.2 Å². The van der Waals surface area contributed by atoms with Gasteiger partial charge in [0.25, 0.3) is 0 Å². The number of hydrogen-bond donors (Lipinski definition) is 1. The molecule has 1 N–H and O–H groups in total. The maximum Gasteiger partial charge on any atom is 0.322 e. The van der Waals surface area contributed by atoms with Gasteiger partial charge in [-0.15, -0.1) is 0 Å². The Morgan fingerprint density at radius 1 is 1.25 bits per heavy atom. The molecule has 1 aliphatic carbocycles. The van der Waals surface area contributed by atoms with E-state index < -0.39 is 0 Å². The van der Waals surface area contributed by atoms with Gasteiger partial charge in [-0.3, -0.25) is 0 Å². The van der Waals surface area contributed by atoms with Crippen LogP contribution < -0.4 is 5.32 Å². The van der Waals surface area contributed by atoms with Gasteiger partial charge < -0.3 is 14.7 Å². The van der Waals surface area contributed by atoms with E-state index in [1.807, 2.05) is 18.0 Å². The van der Waals surface area contributed by atoms with Crippen LogP contribution in [0.1, 0.15) is 87.0 Å². The summed E-state index contributed by atoms with van der Waals surface area (Å²) < 4.78 is 5.47. The van der Waals surface area contributed by atoms with Crippen molar-refractivity contribution in [3.8, 4) is 0 Å². The summed E-state index contributed by atoms with van der Waals surface area (Å²) >= 11 is 0. The lowest BCUT2D eigenvalue weighted by molar-refractivity contribution is 0.178. The number of amides is 2. The number of urea groups is 1.